The molecule has 0 radical (unpaired) electrons. The average Bonchev–Trinajstić information content (AvgIpc) is 3.36. The molecule has 5 nitrogen and oxygen atoms in total. The van der Waals surface area contributed by atoms with Crippen molar-refractivity contribution < 1.29 is 4.79 Å². The smallest absolute Gasteiger partial charge is 0.209 e. The van der Waals surface area contributed by atoms with Crippen molar-refractivity contribution in [2.24, 2.45) is 0 Å². The summed E-state index contributed by atoms with van der Waals surface area (Å²) in [6.45, 7) is 0. The maximum Gasteiger partial charge on any atom is 0.209 e. The number of aromatic amines is 2. The van der Waals surface area contributed by atoms with Crippen molar-refractivity contribution in [1.82, 2.24) is 19.9 Å². The number of aromatic nitrogens is 4. The van der Waals surface area contributed by atoms with E-state index in [9.17, 15) is 4.79 Å². The summed E-state index contributed by atoms with van der Waals surface area (Å²) >= 11 is 0. The zero-order valence-electron chi connectivity index (χ0n) is 13.4. The van der Waals surface area contributed by atoms with E-state index in [-0.39, 0.29) is 11.7 Å². The van der Waals surface area contributed by atoms with Gasteiger partial charge in [-0.25, -0.2) is 0 Å². The van der Waals surface area contributed by atoms with Crippen molar-refractivity contribution in [3.63, 3.8) is 0 Å². The largest absolute Gasteiger partial charge is 0.364 e. The van der Waals surface area contributed by atoms with Crippen LogP contribution in [0.3, 0.4) is 0 Å². The summed E-state index contributed by atoms with van der Waals surface area (Å²) in [7, 11) is 0. The predicted molar refractivity (Wildman–Crippen MR) is 94.4 cm³/mol. The van der Waals surface area contributed by atoms with Crippen molar-refractivity contribution in [2.45, 2.75) is 5.92 Å². The third kappa shape index (κ3) is 2.99. The van der Waals surface area contributed by atoms with Crippen molar-refractivity contribution in [2.75, 3.05) is 0 Å². The second kappa shape index (κ2) is 6.57. The maximum atomic E-state index is 12.6. The third-order valence-electron chi connectivity index (χ3n) is 4.18. The topological polar surface area (TPSA) is 74.4 Å². The first-order valence-corrected chi connectivity index (χ1v) is 8.00. The number of carbonyl (C=O) groups is 1. The first-order chi connectivity index (χ1) is 12.3. The summed E-state index contributed by atoms with van der Waals surface area (Å²) in [5, 5.41) is 0. The molecule has 122 valence electrons. The zero-order chi connectivity index (χ0) is 17.1. The van der Waals surface area contributed by atoms with E-state index in [1.807, 2.05) is 42.6 Å². The summed E-state index contributed by atoms with van der Waals surface area (Å²) in [6.07, 6.45) is 8.69. The van der Waals surface area contributed by atoms with Crippen molar-refractivity contribution in [3.8, 4) is 0 Å². The fraction of sp³-hybridized carbons (Fsp3) is 0.0500. The number of pyridine rings is 2. The first kappa shape index (κ1) is 15.1. The molecule has 25 heavy (non-hydrogen) atoms. The van der Waals surface area contributed by atoms with Crippen LogP contribution in [0.2, 0.25) is 0 Å². The minimum absolute atomic E-state index is 0.0167. The van der Waals surface area contributed by atoms with E-state index in [0.29, 0.717) is 11.3 Å². The Bertz CT molecular complexity index is 959. The Morgan fingerprint density at radius 3 is 2.24 bits per heavy atom. The molecule has 0 aliphatic rings. The second-order valence-electron chi connectivity index (χ2n) is 5.73. The van der Waals surface area contributed by atoms with Crippen LogP contribution in [0.5, 0.6) is 0 Å². The van der Waals surface area contributed by atoms with Gasteiger partial charge in [0.25, 0.3) is 0 Å². The molecule has 5 heteroatoms. The zero-order valence-corrected chi connectivity index (χ0v) is 13.4. The van der Waals surface area contributed by atoms with Crippen molar-refractivity contribution in [3.05, 3.63) is 108 Å². The number of rotatable bonds is 5. The molecule has 0 aliphatic carbocycles. The van der Waals surface area contributed by atoms with Gasteiger partial charge in [-0.2, -0.15) is 0 Å². The molecule has 0 aliphatic heterocycles. The number of hydrogen-bond acceptors (Lipinski definition) is 3. The van der Waals surface area contributed by atoms with Gasteiger partial charge in [-0.1, -0.05) is 0 Å². The van der Waals surface area contributed by atoms with Gasteiger partial charge in [0.2, 0.25) is 5.78 Å². The Balaban J connectivity index is 1.72. The molecule has 0 saturated heterocycles. The van der Waals surface area contributed by atoms with Gasteiger partial charge in [-0.3, -0.25) is 14.8 Å². The lowest BCUT2D eigenvalue weighted by molar-refractivity contribution is 0.103. The highest BCUT2D eigenvalue weighted by atomic mass is 16.1. The molecule has 0 spiro atoms. The number of H-pyrrole nitrogens is 2. The highest BCUT2D eigenvalue weighted by Crippen LogP contribution is 2.30. The SMILES string of the molecule is O=C(c1ccncc1)c1ccc(C(c2ccncc2)c2ccc[nH]2)[nH]1. The Morgan fingerprint density at radius 1 is 0.840 bits per heavy atom. The molecule has 0 saturated carbocycles. The Hall–Kier alpha value is -3.47. The minimum Gasteiger partial charge on any atom is -0.364 e. The summed E-state index contributed by atoms with van der Waals surface area (Å²) in [6, 6.07) is 15.2. The van der Waals surface area contributed by atoms with Crippen LogP contribution in [0.1, 0.15) is 38.9 Å². The van der Waals surface area contributed by atoms with Crippen LogP contribution in [0.15, 0.2) is 79.5 Å². The van der Waals surface area contributed by atoms with Crippen LogP contribution >= 0.6 is 0 Å². The molecule has 0 bridgehead atoms. The Kier molecular flexibility index (Phi) is 3.96. The maximum absolute atomic E-state index is 12.6. The second-order valence-corrected chi connectivity index (χ2v) is 5.73. The van der Waals surface area contributed by atoms with Crippen LogP contribution in [-0.2, 0) is 0 Å². The highest BCUT2D eigenvalue weighted by molar-refractivity contribution is 6.07. The van der Waals surface area contributed by atoms with E-state index in [2.05, 4.69) is 19.9 Å². The third-order valence-corrected chi connectivity index (χ3v) is 4.18. The van der Waals surface area contributed by atoms with E-state index >= 15 is 0 Å². The van der Waals surface area contributed by atoms with Crippen molar-refractivity contribution in [1.29, 1.82) is 0 Å². The average molecular weight is 328 g/mol. The van der Waals surface area contributed by atoms with E-state index in [1.165, 1.54) is 0 Å². The van der Waals surface area contributed by atoms with Gasteiger partial charge >= 0.3 is 0 Å². The number of ketones is 1. The van der Waals surface area contributed by atoms with Crippen LogP contribution in [0, 0.1) is 0 Å². The molecule has 0 amide bonds. The van der Waals surface area contributed by atoms with Gasteiger partial charge in [0.15, 0.2) is 0 Å². The highest BCUT2D eigenvalue weighted by Gasteiger charge is 2.21. The summed E-state index contributed by atoms with van der Waals surface area (Å²) in [5.74, 6) is -0.0643. The van der Waals surface area contributed by atoms with Crippen molar-refractivity contribution >= 4 is 5.78 Å². The number of nitrogens with one attached hydrogen (secondary N) is 2. The van der Waals surface area contributed by atoms with Gasteiger partial charge < -0.3 is 9.97 Å². The summed E-state index contributed by atoms with van der Waals surface area (Å²) in [5.41, 5.74) is 4.28. The van der Waals surface area contributed by atoms with E-state index in [0.717, 1.165) is 17.0 Å². The molecule has 4 rings (SSSR count). The molecule has 2 N–H and O–H groups in total. The molecule has 1 atom stereocenters. The van der Waals surface area contributed by atoms with Gasteiger partial charge in [-0.15, -0.1) is 0 Å². The summed E-state index contributed by atoms with van der Waals surface area (Å²) < 4.78 is 0. The fourth-order valence-electron chi connectivity index (χ4n) is 2.98. The van der Waals surface area contributed by atoms with E-state index in [4.69, 9.17) is 0 Å². The van der Waals surface area contributed by atoms with Crippen LogP contribution in [-0.4, -0.2) is 25.7 Å². The Labute approximate surface area is 144 Å². The lowest BCUT2D eigenvalue weighted by atomic mass is 9.93. The molecular weight excluding hydrogens is 312 g/mol. The summed E-state index contributed by atoms with van der Waals surface area (Å²) in [4.78, 5) is 27.2. The molecular formula is C20H16N4O. The Morgan fingerprint density at radius 2 is 1.56 bits per heavy atom. The standard InChI is InChI=1S/C20H16N4O/c25-20(15-7-12-22-13-8-15)18-4-3-17(24-18)19(16-2-1-9-23-16)14-5-10-21-11-6-14/h1-13,19,23-24H. The fourth-order valence-corrected chi connectivity index (χ4v) is 2.98. The number of hydrogen-bond donors (Lipinski definition) is 2. The molecule has 4 aromatic heterocycles. The molecule has 1 unspecified atom stereocenters. The molecule has 0 fully saturated rings. The van der Waals surface area contributed by atoms with Crippen LogP contribution < -0.4 is 0 Å². The molecule has 4 aromatic rings. The number of carbonyl (C=O) groups excluding carboxylic acids is 1. The van der Waals surface area contributed by atoms with E-state index in [1.54, 1.807) is 36.9 Å². The minimum atomic E-state index is -0.0476. The lowest BCUT2D eigenvalue weighted by Crippen LogP contribution is -2.06. The lowest BCUT2D eigenvalue weighted by Gasteiger charge is -2.15. The molecule has 0 aromatic carbocycles. The predicted octanol–water partition coefficient (Wildman–Crippen LogP) is 3.54. The normalized spacial score (nSPS) is 12.0. The molecule has 4 heterocycles. The number of nitrogens with zero attached hydrogens (tertiary/aromatic N) is 2. The van der Waals surface area contributed by atoms with Gasteiger partial charge in [-0.05, 0) is 54.1 Å². The van der Waals surface area contributed by atoms with Crippen LogP contribution in [0.4, 0.5) is 0 Å². The monoisotopic (exact) mass is 328 g/mol. The van der Waals surface area contributed by atoms with Gasteiger partial charge in [0, 0.05) is 47.9 Å². The van der Waals surface area contributed by atoms with Gasteiger partial charge in [0.05, 0.1) is 11.6 Å². The van der Waals surface area contributed by atoms with Gasteiger partial charge in [0.1, 0.15) is 0 Å². The first-order valence-electron chi connectivity index (χ1n) is 8.00. The quantitative estimate of drug-likeness (QED) is 0.550. The van der Waals surface area contributed by atoms with E-state index < -0.39 is 0 Å². The van der Waals surface area contributed by atoms with Crippen LogP contribution in [0.25, 0.3) is 0 Å².